The van der Waals surface area contributed by atoms with E-state index in [0.717, 1.165) is 5.56 Å². The number of halogens is 1. The standard InChI is InChI=1S/C20H27FN2O4/c1-20(2,3)27-19(26)23-6-4-5-17(23)18(25)22-14-9-13-7-12(11-24)8-15(13)16(21)10-14/h9-10,12,17,24H,4-8,11H2,1-3H3,(H,22,25). The molecule has 1 saturated heterocycles. The zero-order valence-corrected chi connectivity index (χ0v) is 16.0. The average Bonchev–Trinajstić information content (AvgIpc) is 3.20. The molecule has 0 radical (unpaired) electrons. The summed E-state index contributed by atoms with van der Waals surface area (Å²) in [5, 5.41) is 12.1. The van der Waals surface area contributed by atoms with Crippen molar-refractivity contribution in [2.45, 2.75) is 58.1 Å². The van der Waals surface area contributed by atoms with Gasteiger partial charge >= 0.3 is 6.09 Å². The third kappa shape index (κ3) is 4.40. The number of fused-ring (bicyclic) bond motifs is 1. The molecule has 2 aliphatic rings. The Hall–Kier alpha value is -2.15. The highest BCUT2D eigenvalue weighted by molar-refractivity contribution is 5.97. The molecule has 0 aromatic heterocycles. The number of benzene rings is 1. The fourth-order valence-electron chi connectivity index (χ4n) is 3.78. The molecule has 1 heterocycles. The van der Waals surface area contributed by atoms with Crippen molar-refractivity contribution in [2.75, 3.05) is 18.5 Å². The Balaban J connectivity index is 1.70. The zero-order chi connectivity index (χ0) is 19.8. The van der Waals surface area contributed by atoms with Crippen LogP contribution in [0.2, 0.25) is 0 Å². The molecule has 2 unspecified atom stereocenters. The molecule has 0 spiro atoms. The number of hydrogen-bond acceptors (Lipinski definition) is 4. The van der Waals surface area contributed by atoms with Gasteiger partial charge in [-0.3, -0.25) is 9.69 Å². The monoisotopic (exact) mass is 378 g/mol. The molecule has 2 N–H and O–H groups in total. The average molecular weight is 378 g/mol. The minimum absolute atomic E-state index is 0.0166. The number of nitrogens with zero attached hydrogens (tertiary/aromatic N) is 1. The molecule has 3 rings (SSSR count). The second kappa shape index (κ2) is 7.46. The van der Waals surface area contributed by atoms with Crippen LogP contribution in [0.5, 0.6) is 0 Å². The predicted octanol–water partition coefficient (Wildman–Crippen LogP) is 2.87. The van der Waals surface area contributed by atoms with E-state index in [4.69, 9.17) is 4.74 Å². The second-order valence-corrected chi connectivity index (χ2v) is 8.37. The van der Waals surface area contributed by atoms with Crippen molar-refractivity contribution in [1.82, 2.24) is 4.90 Å². The molecule has 1 fully saturated rings. The van der Waals surface area contributed by atoms with E-state index < -0.39 is 17.7 Å². The molecule has 2 atom stereocenters. The molecule has 0 bridgehead atoms. The Morgan fingerprint density at radius 1 is 1.33 bits per heavy atom. The summed E-state index contributed by atoms with van der Waals surface area (Å²) in [5.41, 5.74) is 1.18. The Bertz CT molecular complexity index is 744. The molecule has 0 saturated carbocycles. The van der Waals surface area contributed by atoms with E-state index in [-0.39, 0.29) is 24.2 Å². The smallest absolute Gasteiger partial charge is 0.410 e. The number of hydrogen-bond donors (Lipinski definition) is 2. The summed E-state index contributed by atoms with van der Waals surface area (Å²) in [6, 6.07) is 2.45. The topological polar surface area (TPSA) is 78.9 Å². The lowest BCUT2D eigenvalue weighted by atomic mass is 10.1. The molecular formula is C20H27FN2O4. The Labute approximate surface area is 158 Å². The molecule has 1 aromatic carbocycles. The second-order valence-electron chi connectivity index (χ2n) is 8.37. The summed E-state index contributed by atoms with van der Waals surface area (Å²) in [6.45, 7) is 5.82. The van der Waals surface area contributed by atoms with E-state index in [1.54, 1.807) is 26.8 Å². The maximum absolute atomic E-state index is 14.4. The highest BCUT2D eigenvalue weighted by Gasteiger charge is 2.37. The van der Waals surface area contributed by atoms with E-state index >= 15 is 0 Å². The van der Waals surface area contributed by atoms with Gasteiger partial charge in [-0.15, -0.1) is 0 Å². The van der Waals surface area contributed by atoms with Gasteiger partial charge in [0.15, 0.2) is 0 Å². The lowest BCUT2D eigenvalue weighted by molar-refractivity contribution is -0.120. The Morgan fingerprint density at radius 3 is 2.74 bits per heavy atom. The van der Waals surface area contributed by atoms with Gasteiger partial charge in [0.05, 0.1) is 0 Å². The van der Waals surface area contributed by atoms with Gasteiger partial charge in [0.1, 0.15) is 17.5 Å². The van der Waals surface area contributed by atoms with E-state index in [9.17, 15) is 19.1 Å². The quantitative estimate of drug-likeness (QED) is 0.848. The fraction of sp³-hybridized carbons (Fsp3) is 0.600. The largest absolute Gasteiger partial charge is 0.444 e. The molecule has 1 aliphatic heterocycles. The first-order valence-corrected chi connectivity index (χ1v) is 9.40. The summed E-state index contributed by atoms with van der Waals surface area (Å²) >= 11 is 0. The number of carbonyl (C=O) groups excluding carboxylic acids is 2. The number of rotatable bonds is 3. The van der Waals surface area contributed by atoms with Crippen molar-refractivity contribution in [3.8, 4) is 0 Å². The molecule has 1 aromatic rings. The van der Waals surface area contributed by atoms with Gasteiger partial charge in [-0.2, -0.15) is 0 Å². The van der Waals surface area contributed by atoms with Crippen LogP contribution in [-0.2, 0) is 22.4 Å². The first-order valence-electron chi connectivity index (χ1n) is 9.40. The summed E-state index contributed by atoms with van der Waals surface area (Å²) in [5.74, 6) is -0.679. The van der Waals surface area contributed by atoms with Crippen LogP contribution < -0.4 is 5.32 Å². The fourth-order valence-corrected chi connectivity index (χ4v) is 3.78. The molecule has 7 heteroatoms. The normalized spacial score (nSPS) is 21.9. The zero-order valence-electron chi connectivity index (χ0n) is 16.0. The number of anilines is 1. The predicted molar refractivity (Wildman–Crippen MR) is 99.0 cm³/mol. The van der Waals surface area contributed by atoms with Crippen LogP contribution in [0.1, 0.15) is 44.7 Å². The number of amides is 2. The SMILES string of the molecule is CC(C)(C)OC(=O)N1CCCC1C(=O)Nc1cc(F)c2c(c1)CC(CO)C2. The first kappa shape index (κ1) is 19.6. The van der Waals surface area contributed by atoms with Crippen LogP contribution in [0.15, 0.2) is 12.1 Å². The summed E-state index contributed by atoms with van der Waals surface area (Å²) < 4.78 is 19.7. The van der Waals surface area contributed by atoms with Crippen molar-refractivity contribution in [3.63, 3.8) is 0 Å². The van der Waals surface area contributed by atoms with Gasteiger partial charge in [0, 0.05) is 18.8 Å². The maximum atomic E-state index is 14.4. The molecule has 1 aliphatic carbocycles. The Morgan fingerprint density at radius 2 is 2.07 bits per heavy atom. The van der Waals surface area contributed by atoms with Gasteiger partial charge < -0.3 is 15.2 Å². The summed E-state index contributed by atoms with van der Waals surface area (Å²) in [7, 11) is 0. The van der Waals surface area contributed by atoms with Gasteiger partial charge in [-0.1, -0.05) is 0 Å². The lowest BCUT2D eigenvalue weighted by Crippen LogP contribution is -2.45. The van der Waals surface area contributed by atoms with E-state index in [0.29, 0.717) is 43.5 Å². The van der Waals surface area contributed by atoms with Gasteiger partial charge in [0.25, 0.3) is 0 Å². The third-order valence-electron chi connectivity index (χ3n) is 5.00. The first-order chi connectivity index (χ1) is 12.7. The molecule has 6 nitrogen and oxygen atoms in total. The van der Waals surface area contributed by atoms with Gasteiger partial charge in [-0.05, 0) is 75.6 Å². The molecular weight excluding hydrogens is 351 g/mol. The summed E-state index contributed by atoms with van der Waals surface area (Å²) in [4.78, 5) is 26.5. The highest BCUT2D eigenvalue weighted by atomic mass is 19.1. The van der Waals surface area contributed by atoms with Crippen molar-refractivity contribution in [3.05, 3.63) is 29.1 Å². The maximum Gasteiger partial charge on any atom is 0.410 e. The van der Waals surface area contributed by atoms with Gasteiger partial charge in [0.2, 0.25) is 5.91 Å². The Kier molecular flexibility index (Phi) is 5.42. The highest BCUT2D eigenvalue weighted by Crippen LogP contribution is 2.32. The van der Waals surface area contributed by atoms with Crippen LogP contribution in [0.3, 0.4) is 0 Å². The van der Waals surface area contributed by atoms with Crippen molar-refractivity contribution >= 4 is 17.7 Å². The minimum atomic E-state index is -0.632. The van der Waals surface area contributed by atoms with Crippen LogP contribution in [-0.4, -0.2) is 46.8 Å². The summed E-state index contributed by atoms with van der Waals surface area (Å²) in [6.07, 6.45) is 1.87. The molecule has 148 valence electrons. The molecule has 2 amide bonds. The number of aliphatic hydroxyl groups excluding tert-OH is 1. The van der Waals surface area contributed by atoms with E-state index in [1.165, 1.54) is 11.0 Å². The van der Waals surface area contributed by atoms with Crippen molar-refractivity contribution in [1.29, 1.82) is 0 Å². The van der Waals surface area contributed by atoms with Crippen molar-refractivity contribution < 1.29 is 23.8 Å². The van der Waals surface area contributed by atoms with E-state index in [1.807, 2.05) is 0 Å². The number of likely N-dealkylation sites (tertiary alicyclic amines) is 1. The van der Waals surface area contributed by atoms with Gasteiger partial charge in [-0.25, -0.2) is 9.18 Å². The van der Waals surface area contributed by atoms with Crippen LogP contribution in [0.25, 0.3) is 0 Å². The van der Waals surface area contributed by atoms with Crippen LogP contribution in [0, 0.1) is 11.7 Å². The molecule has 27 heavy (non-hydrogen) atoms. The van der Waals surface area contributed by atoms with Crippen molar-refractivity contribution in [2.24, 2.45) is 5.92 Å². The number of nitrogens with one attached hydrogen (secondary N) is 1. The van der Waals surface area contributed by atoms with Crippen LogP contribution >= 0.6 is 0 Å². The number of ether oxygens (including phenoxy) is 1. The van der Waals surface area contributed by atoms with E-state index in [2.05, 4.69) is 5.32 Å². The lowest BCUT2D eigenvalue weighted by Gasteiger charge is -2.28. The number of aliphatic hydroxyl groups is 1. The number of carbonyl (C=O) groups is 2. The minimum Gasteiger partial charge on any atom is -0.444 e. The van der Waals surface area contributed by atoms with Crippen LogP contribution in [0.4, 0.5) is 14.9 Å². The third-order valence-corrected chi connectivity index (χ3v) is 5.00.